The van der Waals surface area contributed by atoms with Gasteiger partial charge in [-0.2, -0.15) is 0 Å². The van der Waals surface area contributed by atoms with Crippen LogP contribution in [0.15, 0.2) is 30.5 Å². The van der Waals surface area contributed by atoms with Crippen molar-refractivity contribution in [2.75, 3.05) is 33.9 Å². The second-order valence-electron chi connectivity index (χ2n) is 4.85. The monoisotopic (exact) mass is 276 g/mol. The van der Waals surface area contributed by atoms with Crippen LogP contribution >= 0.6 is 0 Å². The maximum absolute atomic E-state index is 5.39. The summed E-state index contributed by atoms with van der Waals surface area (Å²) in [6.07, 6.45) is 4.49. The van der Waals surface area contributed by atoms with Gasteiger partial charge in [0.15, 0.2) is 0 Å². The van der Waals surface area contributed by atoms with E-state index in [-0.39, 0.29) is 0 Å². The normalized spacial score (nSPS) is 11.1. The predicted molar refractivity (Wildman–Crippen MR) is 82.5 cm³/mol. The number of aromatic nitrogens is 1. The van der Waals surface area contributed by atoms with E-state index >= 15 is 0 Å². The van der Waals surface area contributed by atoms with Gasteiger partial charge in [-0.05, 0) is 37.6 Å². The van der Waals surface area contributed by atoms with Gasteiger partial charge in [0.2, 0.25) is 0 Å². The Labute approximate surface area is 120 Å². The molecule has 0 aliphatic rings. The van der Waals surface area contributed by atoms with Crippen LogP contribution in [-0.2, 0) is 11.3 Å². The Balaban J connectivity index is 1.82. The van der Waals surface area contributed by atoms with Crippen molar-refractivity contribution in [1.82, 2.24) is 9.88 Å². The number of rotatable bonds is 9. The van der Waals surface area contributed by atoms with E-state index in [1.807, 2.05) is 12.1 Å². The molecule has 0 aliphatic heterocycles. The van der Waals surface area contributed by atoms with Gasteiger partial charge in [0, 0.05) is 31.8 Å². The van der Waals surface area contributed by atoms with E-state index in [9.17, 15) is 0 Å². The highest BCUT2D eigenvalue weighted by Gasteiger charge is 2.05. The van der Waals surface area contributed by atoms with Crippen LogP contribution in [0.4, 0.5) is 0 Å². The van der Waals surface area contributed by atoms with Crippen molar-refractivity contribution >= 4 is 10.9 Å². The fraction of sp³-hybridized carbons (Fsp3) is 0.500. The van der Waals surface area contributed by atoms with Crippen LogP contribution in [0.25, 0.3) is 10.9 Å². The van der Waals surface area contributed by atoms with Crippen molar-refractivity contribution in [2.45, 2.75) is 19.4 Å². The molecule has 2 rings (SSSR count). The van der Waals surface area contributed by atoms with Gasteiger partial charge >= 0.3 is 0 Å². The fourth-order valence-electron chi connectivity index (χ4n) is 2.40. The summed E-state index contributed by atoms with van der Waals surface area (Å²) in [4.78, 5) is 0. The number of nitrogens with one attached hydrogen (secondary N) is 1. The second-order valence-corrected chi connectivity index (χ2v) is 4.85. The van der Waals surface area contributed by atoms with E-state index in [0.717, 1.165) is 32.0 Å². The molecule has 2 aromatic rings. The number of unbranched alkanes of at least 4 members (excludes halogenated alkanes) is 1. The lowest BCUT2D eigenvalue weighted by molar-refractivity contribution is 0.199. The highest BCUT2D eigenvalue weighted by atomic mass is 16.5. The first kappa shape index (κ1) is 14.9. The van der Waals surface area contributed by atoms with Crippen molar-refractivity contribution in [3.05, 3.63) is 30.5 Å². The smallest absolute Gasteiger partial charge is 0.128 e. The van der Waals surface area contributed by atoms with Crippen LogP contribution in [0.5, 0.6) is 5.75 Å². The topological polar surface area (TPSA) is 35.4 Å². The van der Waals surface area contributed by atoms with E-state index in [4.69, 9.17) is 9.47 Å². The maximum atomic E-state index is 5.39. The van der Waals surface area contributed by atoms with Gasteiger partial charge in [0.1, 0.15) is 5.75 Å². The summed E-state index contributed by atoms with van der Waals surface area (Å²) in [5, 5.41) is 4.56. The van der Waals surface area contributed by atoms with Crippen LogP contribution in [-0.4, -0.2) is 38.5 Å². The molecule has 20 heavy (non-hydrogen) atoms. The van der Waals surface area contributed by atoms with Crippen LogP contribution < -0.4 is 10.1 Å². The number of benzene rings is 1. The van der Waals surface area contributed by atoms with Gasteiger partial charge in [-0.25, -0.2) is 0 Å². The lowest BCUT2D eigenvalue weighted by Crippen LogP contribution is -2.20. The van der Waals surface area contributed by atoms with E-state index in [1.165, 1.54) is 23.7 Å². The Bertz CT molecular complexity index is 522. The number of fused-ring (bicyclic) bond motifs is 1. The van der Waals surface area contributed by atoms with Crippen molar-refractivity contribution in [1.29, 1.82) is 0 Å². The molecule has 0 radical (unpaired) electrons. The third kappa shape index (κ3) is 3.74. The molecule has 0 saturated heterocycles. The maximum Gasteiger partial charge on any atom is 0.128 e. The fourth-order valence-corrected chi connectivity index (χ4v) is 2.40. The Morgan fingerprint density at radius 2 is 2.00 bits per heavy atom. The number of methoxy groups -OCH3 is 2. The molecule has 4 heteroatoms. The van der Waals surface area contributed by atoms with E-state index < -0.39 is 0 Å². The molecule has 0 spiro atoms. The molecule has 0 saturated carbocycles. The zero-order chi connectivity index (χ0) is 14.2. The molecular formula is C16H24N2O2. The average Bonchev–Trinajstić information content (AvgIpc) is 2.89. The van der Waals surface area contributed by atoms with Crippen molar-refractivity contribution < 1.29 is 9.47 Å². The van der Waals surface area contributed by atoms with Crippen molar-refractivity contribution in [3.63, 3.8) is 0 Å². The molecule has 1 N–H and O–H groups in total. The second kappa shape index (κ2) is 7.92. The Hall–Kier alpha value is -1.52. The molecule has 0 unspecified atom stereocenters. The predicted octanol–water partition coefficient (Wildman–Crippen LogP) is 2.67. The number of hydrogen-bond acceptors (Lipinski definition) is 3. The van der Waals surface area contributed by atoms with Crippen molar-refractivity contribution in [2.24, 2.45) is 0 Å². The lowest BCUT2D eigenvalue weighted by atomic mass is 10.2. The number of aryl methyl sites for hydroxylation is 1. The molecule has 4 nitrogen and oxygen atoms in total. The summed E-state index contributed by atoms with van der Waals surface area (Å²) in [5.41, 5.74) is 1.25. The first-order valence-electron chi connectivity index (χ1n) is 7.18. The third-order valence-corrected chi connectivity index (χ3v) is 3.48. The molecule has 0 atom stereocenters. The highest BCUT2D eigenvalue weighted by molar-refractivity contribution is 5.86. The lowest BCUT2D eigenvalue weighted by Gasteiger charge is -2.07. The van der Waals surface area contributed by atoms with E-state index in [2.05, 4.69) is 28.2 Å². The van der Waals surface area contributed by atoms with Gasteiger partial charge in [0.05, 0.1) is 19.2 Å². The molecule has 1 aromatic heterocycles. The first-order valence-corrected chi connectivity index (χ1v) is 7.18. The molecular weight excluding hydrogens is 252 g/mol. The average molecular weight is 276 g/mol. The van der Waals surface area contributed by atoms with E-state index in [1.54, 1.807) is 14.2 Å². The summed E-state index contributed by atoms with van der Waals surface area (Å²) in [6, 6.07) is 8.33. The molecule has 110 valence electrons. The standard InChI is InChI=1S/C16H24N2O2/c1-19-13-10-17-9-3-4-11-18-12-8-14-15(18)6-5-7-16(14)20-2/h5-8,12,17H,3-4,9-11,13H2,1-2H3. The number of nitrogens with zero attached hydrogens (tertiary/aromatic N) is 1. The number of ether oxygens (including phenoxy) is 2. The number of hydrogen-bond donors (Lipinski definition) is 1. The third-order valence-electron chi connectivity index (χ3n) is 3.48. The van der Waals surface area contributed by atoms with Crippen LogP contribution in [0.3, 0.4) is 0 Å². The van der Waals surface area contributed by atoms with Gasteiger partial charge in [-0.3, -0.25) is 0 Å². The summed E-state index contributed by atoms with van der Waals surface area (Å²) >= 11 is 0. The summed E-state index contributed by atoms with van der Waals surface area (Å²) in [6.45, 7) is 3.80. The van der Waals surface area contributed by atoms with Gasteiger partial charge in [-0.1, -0.05) is 6.07 Å². The van der Waals surface area contributed by atoms with Gasteiger partial charge in [-0.15, -0.1) is 0 Å². The minimum Gasteiger partial charge on any atom is -0.496 e. The zero-order valence-electron chi connectivity index (χ0n) is 12.4. The molecule has 1 aromatic carbocycles. The van der Waals surface area contributed by atoms with Crippen LogP contribution in [0, 0.1) is 0 Å². The molecule has 0 fully saturated rings. The van der Waals surface area contributed by atoms with Gasteiger partial charge < -0.3 is 19.4 Å². The molecule has 1 heterocycles. The molecule has 0 amide bonds. The molecule has 0 bridgehead atoms. The summed E-state index contributed by atoms with van der Waals surface area (Å²) in [7, 11) is 3.45. The van der Waals surface area contributed by atoms with Crippen molar-refractivity contribution in [3.8, 4) is 5.75 Å². The Morgan fingerprint density at radius 1 is 1.10 bits per heavy atom. The van der Waals surface area contributed by atoms with Crippen LogP contribution in [0.1, 0.15) is 12.8 Å². The van der Waals surface area contributed by atoms with Crippen LogP contribution in [0.2, 0.25) is 0 Å². The molecule has 0 aliphatic carbocycles. The SMILES string of the molecule is COCCNCCCCn1ccc2c(OC)cccc21. The zero-order valence-corrected chi connectivity index (χ0v) is 12.4. The largest absolute Gasteiger partial charge is 0.496 e. The Morgan fingerprint density at radius 3 is 2.80 bits per heavy atom. The summed E-state index contributed by atoms with van der Waals surface area (Å²) < 4.78 is 12.7. The first-order chi connectivity index (χ1) is 9.86. The minimum absolute atomic E-state index is 0.780. The Kier molecular flexibility index (Phi) is 5.89. The van der Waals surface area contributed by atoms with Gasteiger partial charge in [0.25, 0.3) is 0 Å². The quantitative estimate of drug-likeness (QED) is 0.715. The summed E-state index contributed by atoms with van der Waals surface area (Å²) in [5.74, 6) is 0.947. The van der Waals surface area contributed by atoms with E-state index in [0.29, 0.717) is 0 Å². The minimum atomic E-state index is 0.780. The highest BCUT2D eigenvalue weighted by Crippen LogP contribution is 2.26.